The average molecular weight is 277 g/mol. The number of alkyl halides is 1. The maximum absolute atomic E-state index is 13.9. The number of methoxy groups -OCH3 is 1. The predicted octanol–water partition coefficient (Wildman–Crippen LogP) is 3.68. The zero-order chi connectivity index (χ0) is 13.1. The molecule has 2 atom stereocenters. The number of halogens is 3. The Kier molecular flexibility index (Phi) is 4.40. The lowest BCUT2D eigenvalue weighted by molar-refractivity contribution is 0.0525. The summed E-state index contributed by atoms with van der Waals surface area (Å²) in [4.78, 5) is 0. The molecule has 0 saturated carbocycles. The second-order valence-corrected chi connectivity index (χ2v) is 4.85. The maximum atomic E-state index is 13.9. The first-order valence-corrected chi connectivity index (χ1v) is 6.32. The molecule has 0 spiro atoms. The molecule has 1 saturated heterocycles. The molecule has 1 aromatic carbocycles. The minimum absolute atomic E-state index is 0.0576. The summed E-state index contributed by atoms with van der Waals surface area (Å²) >= 11 is 6.19. The molecular formula is C13H15ClF2O2. The van der Waals surface area contributed by atoms with Crippen molar-refractivity contribution >= 4 is 11.6 Å². The number of benzene rings is 1. The minimum Gasteiger partial charge on any atom is -0.497 e. The van der Waals surface area contributed by atoms with E-state index in [0.29, 0.717) is 13.2 Å². The van der Waals surface area contributed by atoms with Crippen LogP contribution in [0.5, 0.6) is 5.75 Å². The zero-order valence-electron chi connectivity index (χ0n) is 10.1. The Hall–Kier alpha value is -0.870. The summed E-state index contributed by atoms with van der Waals surface area (Å²) in [5.41, 5.74) is -0.0898. The highest BCUT2D eigenvalue weighted by Crippen LogP contribution is 2.38. The van der Waals surface area contributed by atoms with Crippen molar-refractivity contribution in [3.05, 3.63) is 29.3 Å². The quantitative estimate of drug-likeness (QED) is 0.784. The molecule has 1 aromatic rings. The van der Waals surface area contributed by atoms with Gasteiger partial charge in [-0.2, -0.15) is 0 Å². The van der Waals surface area contributed by atoms with Gasteiger partial charge >= 0.3 is 0 Å². The van der Waals surface area contributed by atoms with Gasteiger partial charge in [-0.15, -0.1) is 11.6 Å². The van der Waals surface area contributed by atoms with Crippen LogP contribution in [0.3, 0.4) is 0 Å². The number of hydrogen-bond acceptors (Lipinski definition) is 2. The molecule has 0 aromatic heterocycles. The molecule has 0 amide bonds. The van der Waals surface area contributed by atoms with Crippen LogP contribution in [0.15, 0.2) is 12.1 Å². The summed E-state index contributed by atoms with van der Waals surface area (Å²) in [6.45, 7) is 1.13. The maximum Gasteiger partial charge on any atom is 0.134 e. The molecule has 2 nitrogen and oxygen atoms in total. The molecule has 5 heteroatoms. The molecule has 2 rings (SSSR count). The molecule has 0 radical (unpaired) electrons. The van der Waals surface area contributed by atoms with Crippen molar-refractivity contribution in [3.8, 4) is 5.75 Å². The van der Waals surface area contributed by atoms with E-state index in [1.54, 1.807) is 0 Å². The summed E-state index contributed by atoms with van der Waals surface area (Å²) < 4.78 is 37.8. The van der Waals surface area contributed by atoms with E-state index in [1.807, 2.05) is 0 Å². The Balaban J connectivity index is 2.26. The lowest BCUT2D eigenvalue weighted by Gasteiger charge is -2.27. The fourth-order valence-corrected chi connectivity index (χ4v) is 2.58. The third-order valence-electron chi connectivity index (χ3n) is 3.17. The second-order valence-electron chi connectivity index (χ2n) is 4.38. The van der Waals surface area contributed by atoms with Crippen molar-refractivity contribution in [1.82, 2.24) is 0 Å². The highest BCUT2D eigenvalue weighted by molar-refractivity contribution is 6.21. The monoisotopic (exact) mass is 276 g/mol. The van der Waals surface area contributed by atoms with Gasteiger partial charge < -0.3 is 9.47 Å². The van der Waals surface area contributed by atoms with Gasteiger partial charge in [-0.05, 0) is 12.8 Å². The number of ether oxygens (including phenoxy) is 2. The molecule has 100 valence electrons. The first-order valence-electron chi connectivity index (χ1n) is 5.88. The summed E-state index contributed by atoms with van der Waals surface area (Å²) in [5.74, 6) is -1.25. The van der Waals surface area contributed by atoms with Gasteiger partial charge in [-0.25, -0.2) is 8.78 Å². The van der Waals surface area contributed by atoms with E-state index < -0.39 is 17.0 Å². The minimum atomic E-state index is -0.712. The van der Waals surface area contributed by atoms with E-state index in [1.165, 1.54) is 7.11 Å². The molecule has 0 bridgehead atoms. The van der Waals surface area contributed by atoms with Gasteiger partial charge in [0.15, 0.2) is 0 Å². The molecule has 1 heterocycles. The Bertz CT molecular complexity index is 396. The Morgan fingerprint density at radius 1 is 1.39 bits per heavy atom. The van der Waals surface area contributed by atoms with E-state index in [9.17, 15) is 8.78 Å². The second kappa shape index (κ2) is 5.85. The number of rotatable bonds is 3. The highest BCUT2D eigenvalue weighted by atomic mass is 35.5. The van der Waals surface area contributed by atoms with E-state index in [2.05, 4.69) is 0 Å². The van der Waals surface area contributed by atoms with Gasteiger partial charge in [-0.3, -0.25) is 0 Å². The molecule has 2 unspecified atom stereocenters. The van der Waals surface area contributed by atoms with Crippen molar-refractivity contribution in [2.75, 3.05) is 20.3 Å². The largest absolute Gasteiger partial charge is 0.497 e. The third-order valence-corrected chi connectivity index (χ3v) is 3.75. The lowest BCUT2D eigenvalue weighted by Crippen LogP contribution is -2.22. The van der Waals surface area contributed by atoms with Crippen LogP contribution in [0.1, 0.15) is 23.8 Å². The van der Waals surface area contributed by atoms with E-state index in [4.69, 9.17) is 21.1 Å². The zero-order valence-corrected chi connectivity index (χ0v) is 10.8. The first-order chi connectivity index (χ1) is 8.63. The van der Waals surface area contributed by atoms with Crippen molar-refractivity contribution in [2.45, 2.75) is 18.2 Å². The molecule has 1 aliphatic rings. The Morgan fingerprint density at radius 2 is 2.06 bits per heavy atom. The normalized spacial score (nSPS) is 21.7. The molecule has 18 heavy (non-hydrogen) atoms. The summed E-state index contributed by atoms with van der Waals surface area (Å²) in [6.07, 6.45) is 1.69. The average Bonchev–Trinajstić information content (AvgIpc) is 2.38. The van der Waals surface area contributed by atoms with Crippen LogP contribution in [0.2, 0.25) is 0 Å². The van der Waals surface area contributed by atoms with Gasteiger partial charge in [0, 0.05) is 30.2 Å². The van der Waals surface area contributed by atoms with Crippen LogP contribution < -0.4 is 4.74 Å². The fourth-order valence-electron chi connectivity index (χ4n) is 2.17. The van der Waals surface area contributed by atoms with Crippen LogP contribution in [-0.2, 0) is 4.74 Å². The van der Waals surface area contributed by atoms with Gasteiger partial charge in [-0.1, -0.05) is 0 Å². The molecule has 0 N–H and O–H groups in total. The lowest BCUT2D eigenvalue weighted by atomic mass is 9.93. The molecule has 1 aliphatic heterocycles. The first kappa shape index (κ1) is 13.6. The van der Waals surface area contributed by atoms with Gasteiger partial charge in [0.05, 0.1) is 19.1 Å². The summed E-state index contributed by atoms with van der Waals surface area (Å²) in [6, 6.07) is 2.30. The topological polar surface area (TPSA) is 18.5 Å². The van der Waals surface area contributed by atoms with Gasteiger partial charge in [0.25, 0.3) is 0 Å². The van der Waals surface area contributed by atoms with Crippen LogP contribution in [0.4, 0.5) is 8.78 Å². The fraction of sp³-hybridized carbons (Fsp3) is 0.538. The van der Waals surface area contributed by atoms with E-state index in [-0.39, 0.29) is 17.2 Å². The molecule has 0 aliphatic carbocycles. The molecule has 1 fully saturated rings. The van der Waals surface area contributed by atoms with E-state index >= 15 is 0 Å². The highest BCUT2D eigenvalue weighted by Gasteiger charge is 2.29. The van der Waals surface area contributed by atoms with Gasteiger partial charge in [0.1, 0.15) is 17.4 Å². The summed E-state index contributed by atoms with van der Waals surface area (Å²) in [5, 5.41) is -0.712. The predicted molar refractivity (Wildman–Crippen MR) is 65.0 cm³/mol. The summed E-state index contributed by atoms with van der Waals surface area (Å²) in [7, 11) is 1.36. The van der Waals surface area contributed by atoms with Crippen molar-refractivity contribution < 1.29 is 18.3 Å². The van der Waals surface area contributed by atoms with Crippen molar-refractivity contribution in [2.24, 2.45) is 5.92 Å². The number of hydrogen-bond donors (Lipinski definition) is 0. The van der Waals surface area contributed by atoms with Crippen LogP contribution in [-0.4, -0.2) is 20.3 Å². The van der Waals surface area contributed by atoms with Crippen LogP contribution in [0.25, 0.3) is 0 Å². The van der Waals surface area contributed by atoms with E-state index in [0.717, 1.165) is 25.0 Å². The Labute approximate surface area is 110 Å². The smallest absolute Gasteiger partial charge is 0.134 e. The Morgan fingerprint density at radius 3 is 2.56 bits per heavy atom. The third kappa shape index (κ3) is 2.75. The van der Waals surface area contributed by atoms with Crippen molar-refractivity contribution in [1.29, 1.82) is 0 Å². The van der Waals surface area contributed by atoms with Crippen LogP contribution in [0, 0.1) is 17.6 Å². The van der Waals surface area contributed by atoms with Crippen LogP contribution >= 0.6 is 11.6 Å². The van der Waals surface area contributed by atoms with Gasteiger partial charge in [0.2, 0.25) is 0 Å². The molecular weight excluding hydrogens is 262 g/mol. The van der Waals surface area contributed by atoms with Crippen molar-refractivity contribution in [3.63, 3.8) is 0 Å². The standard InChI is InChI=1S/C13H15ClF2O2/c1-17-9-5-10(15)12(11(16)6-9)13(14)8-3-2-4-18-7-8/h5-6,8,13H,2-4,7H2,1H3. The SMILES string of the molecule is COc1cc(F)c(C(Cl)C2CCCOC2)c(F)c1.